The molecule has 0 saturated carbocycles. The van der Waals surface area contributed by atoms with E-state index in [1.807, 2.05) is 6.92 Å². The van der Waals surface area contributed by atoms with Gasteiger partial charge in [-0.05, 0) is 19.1 Å². The van der Waals surface area contributed by atoms with Crippen LogP contribution in [-0.4, -0.2) is 26.5 Å². The maximum absolute atomic E-state index is 11.7. The van der Waals surface area contributed by atoms with Crippen LogP contribution in [-0.2, 0) is 17.9 Å². The molecule has 0 aliphatic carbocycles. The Labute approximate surface area is 113 Å². The van der Waals surface area contributed by atoms with Gasteiger partial charge in [-0.3, -0.25) is 4.79 Å². The van der Waals surface area contributed by atoms with Crippen LogP contribution in [0.2, 0.25) is 0 Å². The maximum Gasteiger partial charge on any atom is 0.352 e. The van der Waals surface area contributed by atoms with E-state index in [1.54, 1.807) is 18.5 Å². The SMILES string of the molecule is Cc1ncc(CNC(=O)Cn2cccc2C(=O)O)s1. The summed E-state index contributed by atoms with van der Waals surface area (Å²) >= 11 is 1.52. The van der Waals surface area contributed by atoms with Crippen LogP contribution >= 0.6 is 11.3 Å². The molecule has 0 bridgehead atoms. The van der Waals surface area contributed by atoms with Crippen molar-refractivity contribution in [1.82, 2.24) is 14.9 Å². The minimum atomic E-state index is -1.05. The molecule has 2 aromatic heterocycles. The molecule has 0 spiro atoms. The summed E-state index contributed by atoms with van der Waals surface area (Å²) in [6.07, 6.45) is 3.29. The molecule has 0 unspecified atom stereocenters. The van der Waals surface area contributed by atoms with Gasteiger partial charge in [-0.1, -0.05) is 0 Å². The van der Waals surface area contributed by atoms with Crippen LogP contribution in [0.25, 0.3) is 0 Å². The van der Waals surface area contributed by atoms with E-state index in [9.17, 15) is 9.59 Å². The number of carboxylic acids is 1. The van der Waals surface area contributed by atoms with Gasteiger partial charge in [0.25, 0.3) is 0 Å². The summed E-state index contributed by atoms with van der Waals surface area (Å²) in [5.74, 6) is -1.28. The zero-order chi connectivity index (χ0) is 13.8. The van der Waals surface area contributed by atoms with Crippen LogP contribution in [0.3, 0.4) is 0 Å². The van der Waals surface area contributed by atoms with Crippen LogP contribution in [0.5, 0.6) is 0 Å². The summed E-state index contributed by atoms with van der Waals surface area (Å²) in [5.41, 5.74) is 0.101. The lowest BCUT2D eigenvalue weighted by atomic mass is 10.4. The van der Waals surface area contributed by atoms with Crippen LogP contribution in [0, 0.1) is 6.92 Å². The fourth-order valence-electron chi connectivity index (χ4n) is 1.63. The molecule has 2 aromatic rings. The number of nitrogens with zero attached hydrogens (tertiary/aromatic N) is 2. The van der Waals surface area contributed by atoms with E-state index in [0.717, 1.165) is 9.88 Å². The van der Waals surface area contributed by atoms with Crippen LogP contribution in [0.4, 0.5) is 0 Å². The van der Waals surface area contributed by atoms with E-state index < -0.39 is 5.97 Å². The molecule has 0 aliphatic heterocycles. The third-order valence-electron chi connectivity index (χ3n) is 2.49. The van der Waals surface area contributed by atoms with Gasteiger partial charge in [-0.15, -0.1) is 11.3 Å². The highest BCUT2D eigenvalue weighted by Crippen LogP contribution is 2.10. The Morgan fingerprint density at radius 1 is 1.53 bits per heavy atom. The first-order chi connectivity index (χ1) is 9.06. The Hall–Kier alpha value is -2.15. The highest BCUT2D eigenvalue weighted by Gasteiger charge is 2.11. The van der Waals surface area contributed by atoms with E-state index in [0.29, 0.717) is 6.54 Å². The largest absolute Gasteiger partial charge is 0.477 e. The lowest BCUT2D eigenvalue weighted by molar-refractivity contribution is -0.121. The second-order valence-corrected chi connectivity index (χ2v) is 5.27. The van der Waals surface area contributed by atoms with E-state index >= 15 is 0 Å². The van der Waals surface area contributed by atoms with Gasteiger partial charge in [0, 0.05) is 17.3 Å². The van der Waals surface area contributed by atoms with Crippen molar-refractivity contribution in [3.8, 4) is 0 Å². The van der Waals surface area contributed by atoms with Crippen molar-refractivity contribution in [2.75, 3.05) is 0 Å². The monoisotopic (exact) mass is 279 g/mol. The number of rotatable bonds is 5. The van der Waals surface area contributed by atoms with Crippen LogP contribution in [0.1, 0.15) is 20.4 Å². The van der Waals surface area contributed by atoms with Crippen molar-refractivity contribution in [2.24, 2.45) is 0 Å². The number of hydrogen-bond donors (Lipinski definition) is 2. The third-order valence-corrected chi connectivity index (χ3v) is 3.40. The first-order valence-corrected chi connectivity index (χ1v) is 6.44. The zero-order valence-corrected chi connectivity index (χ0v) is 11.1. The highest BCUT2D eigenvalue weighted by molar-refractivity contribution is 7.11. The molecule has 7 heteroatoms. The molecule has 2 rings (SSSR count). The fraction of sp³-hybridized carbons (Fsp3) is 0.250. The molecule has 2 N–H and O–H groups in total. The molecule has 0 aromatic carbocycles. The predicted octanol–water partition coefficient (Wildman–Crippen LogP) is 1.27. The number of carbonyl (C=O) groups excluding carboxylic acids is 1. The Balaban J connectivity index is 1.90. The molecule has 1 amide bonds. The zero-order valence-electron chi connectivity index (χ0n) is 10.3. The van der Waals surface area contributed by atoms with Crippen molar-refractivity contribution in [3.05, 3.63) is 40.1 Å². The summed E-state index contributed by atoms with van der Waals surface area (Å²) in [7, 11) is 0. The van der Waals surface area contributed by atoms with Crippen molar-refractivity contribution in [2.45, 2.75) is 20.0 Å². The molecule has 0 saturated heterocycles. The van der Waals surface area contributed by atoms with Gasteiger partial charge in [0.15, 0.2) is 0 Å². The first-order valence-electron chi connectivity index (χ1n) is 5.62. The van der Waals surface area contributed by atoms with Gasteiger partial charge in [0.05, 0.1) is 11.6 Å². The van der Waals surface area contributed by atoms with Crippen molar-refractivity contribution in [1.29, 1.82) is 0 Å². The van der Waals surface area contributed by atoms with Crippen LogP contribution < -0.4 is 5.32 Å². The number of nitrogens with one attached hydrogen (secondary N) is 1. The number of aromatic nitrogens is 2. The Morgan fingerprint density at radius 3 is 2.95 bits per heavy atom. The van der Waals surface area contributed by atoms with Crippen molar-refractivity contribution in [3.63, 3.8) is 0 Å². The minimum Gasteiger partial charge on any atom is -0.477 e. The van der Waals surface area contributed by atoms with E-state index in [1.165, 1.54) is 22.0 Å². The smallest absolute Gasteiger partial charge is 0.352 e. The molecule has 19 heavy (non-hydrogen) atoms. The number of carbonyl (C=O) groups is 2. The number of aryl methyl sites for hydroxylation is 1. The molecule has 0 radical (unpaired) electrons. The lowest BCUT2D eigenvalue weighted by Crippen LogP contribution is -2.27. The van der Waals surface area contributed by atoms with E-state index in [-0.39, 0.29) is 18.1 Å². The summed E-state index contributed by atoms with van der Waals surface area (Å²) in [5, 5.41) is 12.6. The number of carboxylic acid groups (broad SMARTS) is 1. The summed E-state index contributed by atoms with van der Waals surface area (Å²) < 4.78 is 1.40. The maximum atomic E-state index is 11.7. The molecule has 0 atom stereocenters. The normalized spacial score (nSPS) is 10.4. The molecular weight excluding hydrogens is 266 g/mol. The van der Waals surface area contributed by atoms with E-state index in [4.69, 9.17) is 5.11 Å². The second-order valence-electron chi connectivity index (χ2n) is 3.95. The van der Waals surface area contributed by atoms with Crippen LogP contribution in [0.15, 0.2) is 24.5 Å². The van der Waals surface area contributed by atoms with Gasteiger partial charge in [0.1, 0.15) is 12.2 Å². The number of aromatic carboxylic acids is 1. The van der Waals surface area contributed by atoms with E-state index in [2.05, 4.69) is 10.3 Å². The Kier molecular flexibility index (Phi) is 3.96. The van der Waals surface area contributed by atoms with Gasteiger partial charge >= 0.3 is 5.97 Å². The van der Waals surface area contributed by atoms with Gasteiger partial charge in [0.2, 0.25) is 5.91 Å². The summed E-state index contributed by atoms with van der Waals surface area (Å²) in [6, 6.07) is 3.06. The van der Waals surface area contributed by atoms with Gasteiger partial charge in [-0.2, -0.15) is 0 Å². The second kappa shape index (κ2) is 5.66. The fourth-order valence-corrected chi connectivity index (χ4v) is 2.36. The topological polar surface area (TPSA) is 84.2 Å². The average Bonchev–Trinajstić information content (AvgIpc) is 2.95. The first kappa shape index (κ1) is 13.3. The molecule has 0 aliphatic rings. The number of amides is 1. The van der Waals surface area contributed by atoms with Crippen molar-refractivity contribution < 1.29 is 14.7 Å². The molecule has 6 nitrogen and oxygen atoms in total. The molecular formula is C12H13N3O3S. The standard InChI is InChI=1S/C12H13N3O3S/c1-8-13-5-9(19-8)6-14-11(16)7-15-4-2-3-10(15)12(17)18/h2-5H,6-7H2,1H3,(H,14,16)(H,17,18). The number of hydrogen-bond acceptors (Lipinski definition) is 4. The van der Waals surface area contributed by atoms with Gasteiger partial charge in [-0.25, -0.2) is 9.78 Å². The molecule has 100 valence electrons. The summed E-state index contributed by atoms with van der Waals surface area (Å²) in [6.45, 7) is 2.30. The molecule has 2 heterocycles. The average molecular weight is 279 g/mol. The quantitative estimate of drug-likeness (QED) is 0.863. The Morgan fingerprint density at radius 2 is 2.32 bits per heavy atom. The number of thiazole rings is 1. The highest BCUT2D eigenvalue weighted by atomic mass is 32.1. The Bertz CT molecular complexity index is 603. The summed E-state index contributed by atoms with van der Waals surface area (Å²) in [4.78, 5) is 27.7. The van der Waals surface area contributed by atoms with Crippen molar-refractivity contribution >= 4 is 23.2 Å². The lowest BCUT2D eigenvalue weighted by Gasteiger charge is -2.06. The van der Waals surface area contributed by atoms with Gasteiger partial charge < -0.3 is 15.0 Å². The molecule has 0 fully saturated rings. The predicted molar refractivity (Wildman–Crippen MR) is 70.1 cm³/mol. The third kappa shape index (κ3) is 3.41. The minimum absolute atomic E-state index is 0.00752.